The standard InChI is InChI=1S/C39H58O/c40-37(38(31-19-7-1-8-20-31,32-21-9-2-10-22-32)33-23-11-3-12-24-33)39(34-25-13-4-14-26-34,35-27-15-5-16-28-35)36-29-17-6-18-30-36/h1-2,4-5,7,9,13,15,31-36H,3,6,8,10-12,14,16-30H2. The van der Waals surface area contributed by atoms with E-state index in [9.17, 15) is 0 Å². The average Bonchev–Trinajstić information content (AvgIpc) is 3.05. The fourth-order valence-corrected chi connectivity index (χ4v) is 11.6. The van der Waals surface area contributed by atoms with Crippen molar-refractivity contribution in [3.8, 4) is 0 Å². The Balaban J connectivity index is 1.57. The summed E-state index contributed by atoms with van der Waals surface area (Å²) in [4.78, 5) is 16.8. The summed E-state index contributed by atoms with van der Waals surface area (Å²) in [5.41, 5.74) is -0.259. The lowest BCUT2D eigenvalue weighted by Crippen LogP contribution is -2.63. The lowest BCUT2D eigenvalue weighted by Gasteiger charge is -2.61. The van der Waals surface area contributed by atoms with Crippen molar-refractivity contribution in [3.05, 3.63) is 48.6 Å². The summed E-state index contributed by atoms with van der Waals surface area (Å²) in [5, 5.41) is 0. The number of ketones is 1. The number of hydrogen-bond donors (Lipinski definition) is 0. The van der Waals surface area contributed by atoms with Gasteiger partial charge < -0.3 is 0 Å². The topological polar surface area (TPSA) is 17.1 Å². The lowest BCUT2D eigenvalue weighted by molar-refractivity contribution is -0.174. The summed E-state index contributed by atoms with van der Waals surface area (Å²) in [7, 11) is 0. The summed E-state index contributed by atoms with van der Waals surface area (Å²) in [6.07, 6.45) is 47.4. The van der Waals surface area contributed by atoms with E-state index in [1.54, 1.807) is 0 Å². The first kappa shape index (κ1) is 28.7. The van der Waals surface area contributed by atoms with Crippen LogP contribution in [0.3, 0.4) is 0 Å². The van der Waals surface area contributed by atoms with Crippen LogP contribution in [-0.4, -0.2) is 5.78 Å². The highest BCUT2D eigenvalue weighted by atomic mass is 16.1. The van der Waals surface area contributed by atoms with Crippen molar-refractivity contribution in [2.45, 2.75) is 141 Å². The van der Waals surface area contributed by atoms with Crippen molar-refractivity contribution in [2.24, 2.45) is 46.3 Å². The third-order valence-corrected chi connectivity index (χ3v) is 13.1. The maximum Gasteiger partial charge on any atom is 0.146 e. The number of carbonyl (C=O) groups excluding carboxylic acids is 1. The molecule has 0 amide bonds. The van der Waals surface area contributed by atoms with Crippen molar-refractivity contribution >= 4 is 5.78 Å². The van der Waals surface area contributed by atoms with Gasteiger partial charge in [-0.05, 0) is 138 Å². The zero-order valence-corrected chi connectivity index (χ0v) is 25.5. The minimum Gasteiger partial charge on any atom is -0.298 e. The van der Waals surface area contributed by atoms with Crippen molar-refractivity contribution in [1.82, 2.24) is 0 Å². The van der Waals surface area contributed by atoms with E-state index in [4.69, 9.17) is 0 Å². The zero-order chi connectivity index (χ0) is 27.3. The van der Waals surface area contributed by atoms with Crippen LogP contribution < -0.4 is 0 Å². The molecule has 2 saturated carbocycles. The molecule has 0 spiro atoms. The van der Waals surface area contributed by atoms with Gasteiger partial charge in [-0.2, -0.15) is 0 Å². The smallest absolute Gasteiger partial charge is 0.146 e. The van der Waals surface area contributed by atoms with Gasteiger partial charge in [-0.3, -0.25) is 4.79 Å². The van der Waals surface area contributed by atoms with E-state index in [2.05, 4.69) is 48.6 Å². The van der Waals surface area contributed by atoms with Crippen LogP contribution in [0.5, 0.6) is 0 Å². The van der Waals surface area contributed by atoms with Gasteiger partial charge in [0.05, 0.1) is 0 Å². The Morgan fingerprint density at radius 2 is 0.675 bits per heavy atom. The molecule has 220 valence electrons. The maximum atomic E-state index is 16.8. The van der Waals surface area contributed by atoms with Gasteiger partial charge in [-0.15, -0.1) is 0 Å². The minimum atomic E-state index is -0.129. The number of allylic oxidation sites excluding steroid dienone is 8. The quantitative estimate of drug-likeness (QED) is 0.279. The van der Waals surface area contributed by atoms with Crippen LogP contribution in [0.1, 0.15) is 141 Å². The van der Waals surface area contributed by atoms with E-state index in [1.165, 1.54) is 116 Å². The molecule has 6 rings (SSSR count). The van der Waals surface area contributed by atoms with E-state index >= 15 is 4.79 Å². The van der Waals surface area contributed by atoms with Gasteiger partial charge in [0, 0.05) is 10.8 Å². The highest BCUT2D eigenvalue weighted by molar-refractivity contribution is 5.92. The van der Waals surface area contributed by atoms with E-state index in [0.717, 1.165) is 31.5 Å². The molecular formula is C39H58O. The molecule has 0 aromatic heterocycles. The van der Waals surface area contributed by atoms with Gasteiger partial charge in [0.2, 0.25) is 0 Å². The molecule has 6 aliphatic rings. The second-order valence-electron chi connectivity index (χ2n) is 14.8. The molecule has 2 fully saturated rings. The first-order valence-corrected chi connectivity index (χ1v) is 17.9. The Kier molecular flexibility index (Phi) is 9.55. The molecule has 0 heterocycles. The zero-order valence-electron chi connectivity index (χ0n) is 25.5. The fraction of sp³-hybridized carbons (Fsp3) is 0.769. The molecule has 0 aromatic carbocycles. The second kappa shape index (κ2) is 13.3. The molecule has 4 unspecified atom stereocenters. The lowest BCUT2D eigenvalue weighted by atomic mass is 9.41. The highest BCUT2D eigenvalue weighted by Crippen LogP contribution is 2.65. The normalized spacial score (nSPS) is 35.2. The third kappa shape index (κ3) is 5.19. The summed E-state index contributed by atoms with van der Waals surface area (Å²) >= 11 is 0. The van der Waals surface area contributed by atoms with Crippen LogP contribution in [0.15, 0.2) is 48.6 Å². The summed E-state index contributed by atoms with van der Waals surface area (Å²) < 4.78 is 0. The van der Waals surface area contributed by atoms with Crippen LogP contribution in [0.25, 0.3) is 0 Å². The van der Waals surface area contributed by atoms with E-state index < -0.39 is 0 Å². The van der Waals surface area contributed by atoms with E-state index in [0.29, 0.717) is 35.5 Å². The SMILES string of the molecule is O=C(C(C1CC=CCC1)(C1CC=CCC1)C1CCCCC1)C(C1CC=CCC1)(C1CC=CCC1)C1CCCCC1. The number of carbonyl (C=O) groups is 1. The average molecular weight is 543 g/mol. The van der Waals surface area contributed by atoms with Crippen LogP contribution in [0.4, 0.5) is 0 Å². The van der Waals surface area contributed by atoms with Gasteiger partial charge >= 0.3 is 0 Å². The van der Waals surface area contributed by atoms with Crippen LogP contribution in [0, 0.1) is 46.3 Å². The van der Waals surface area contributed by atoms with Gasteiger partial charge in [0.25, 0.3) is 0 Å². The van der Waals surface area contributed by atoms with Gasteiger partial charge in [0.1, 0.15) is 5.78 Å². The van der Waals surface area contributed by atoms with Gasteiger partial charge in [-0.25, -0.2) is 0 Å². The Hall–Kier alpha value is -1.37. The predicted molar refractivity (Wildman–Crippen MR) is 169 cm³/mol. The van der Waals surface area contributed by atoms with Crippen LogP contribution in [0.2, 0.25) is 0 Å². The van der Waals surface area contributed by atoms with Gasteiger partial charge in [0.15, 0.2) is 0 Å². The van der Waals surface area contributed by atoms with Crippen molar-refractivity contribution in [1.29, 1.82) is 0 Å². The van der Waals surface area contributed by atoms with E-state index in [1.807, 2.05) is 0 Å². The Bertz CT molecular complexity index is 827. The number of rotatable bonds is 8. The largest absolute Gasteiger partial charge is 0.298 e. The van der Waals surface area contributed by atoms with Crippen molar-refractivity contribution in [2.75, 3.05) is 0 Å². The monoisotopic (exact) mass is 542 g/mol. The molecule has 0 aromatic rings. The Morgan fingerprint density at radius 1 is 0.375 bits per heavy atom. The van der Waals surface area contributed by atoms with Crippen LogP contribution >= 0.6 is 0 Å². The van der Waals surface area contributed by atoms with Crippen molar-refractivity contribution < 1.29 is 4.79 Å². The minimum absolute atomic E-state index is 0.129. The molecule has 1 heteroatoms. The van der Waals surface area contributed by atoms with Crippen molar-refractivity contribution in [3.63, 3.8) is 0 Å². The predicted octanol–water partition coefficient (Wildman–Crippen LogP) is 11.1. The Labute approximate surface area is 246 Å². The molecule has 0 aliphatic heterocycles. The highest BCUT2D eigenvalue weighted by Gasteiger charge is 2.65. The molecule has 6 aliphatic carbocycles. The number of hydrogen-bond acceptors (Lipinski definition) is 1. The maximum absolute atomic E-state index is 16.8. The molecule has 0 saturated heterocycles. The molecule has 0 bridgehead atoms. The molecule has 0 N–H and O–H groups in total. The molecule has 1 nitrogen and oxygen atoms in total. The van der Waals surface area contributed by atoms with E-state index in [-0.39, 0.29) is 10.8 Å². The molecule has 40 heavy (non-hydrogen) atoms. The molecule has 0 radical (unpaired) electrons. The first-order chi connectivity index (χ1) is 19.8. The number of Topliss-reactive ketones (excluding diaryl/α,β-unsaturated/α-hetero) is 1. The summed E-state index contributed by atoms with van der Waals surface area (Å²) in [6.45, 7) is 0. The third-order valence-electron chi connectivity index (χ3n) is 13.1. The second-order valence-corrected chi connectivity index (χ2v) is 14.8. The summed E-state index contributed by atoms with van der Waals surface area (Å²) in [6, 6.07) is 0. The van der Waals surface area contributed by atoms with Gasteiger partial charge in [-0.1, -0.05) is 87.1 Å². The molecule has 4 atom stereocenters. The molecular weight excluding hydrogens is 484 g/mol. The Morgan fingerprint density at radius 3 is 0.925 bits per heavy atom. The fourth-order valence-electron chi connectivity index (χ4n) is 11.6. The first-order valence-electron chi connectivity index (χ1n) is 17.9. The van der Waals surface area contributed by atoms with Crippen LogP contribution in [-0.2, 0) is 4.79 Å². The summed E-state index contributed by atoms with van der Waals surface area (Å²) in [5.74, 6) is 4.25.